The minimum atomic E-state index is -0.198. The van der Waals surface area contributed by atoms with E-state index in [1.165, 1.54) is 0 Å². The first-order chi connectivity index (χ1) is 5.18. The highest BCUT2D eigenvalue weighted by atomic mass is 35.5. The summed E-state index contributed by atoms with van der Waals surface area (Å²) in [4.78, 5) is 0. The van der Waals surface area contributed by atoms with Crippen molar-refractivity contribution < 1.29 is 23.1 Å². The van der Waals surface area contributed by atoms with Crippen LogP contribution in [-0.4, -0.2) is 54.5 Å². The molecular formula is C7H14ClF3N2. The van der Waals surface area contributed by atoms with Crippen LogP contribution >= 0.6 is 11.6 Å². The minimum absolute atomic E-state index is 0. The van der Waals surface area contributed by atoms with Crippen LogP contribution in [0.1, 0.15) is 0 Å². The Labute approximate surface area is 80.7 Å². The van der Waals surface area contributed by atoms with Gasteiger partial charge in [-0.25, -0.2) is 0 Å². The molecule has 2 nitrogen and oxygen atoms in total. The van der Waals surface area contributed by atoms with Gasteiger partial charge in [-0.3, -0.25) is 4.48 Å². The molecule has 2 bridgehead atoms. The van der Waals surface area contributed by atoms with Gasteiger partial charge in [0.2, 0.25) is 0 Å². The van der Waals surface area contributed by atoms with Gasteiger partial charge in [-0.15, -0.1) is 4.71 Å². The fourth-order valence-electron chi connectivity index (χ4n) is 2.02. The summed E-state index contributed by atoms with van der Waals surface area (Å²) < 4.78 is 14.3. The van der Waals surface area contributed by atoms with Crippen molar-refractivity contribution in [1.29, 1.82) is 0 Å². The normalized spacial score (nSPS) is 42.0. The van der Waals surface area contributed by atoms with Crippen LogP contribution in [0.3, 0.4) is 0 Å². The lowest BCUT2D eigenvalue weighted by molar-refractivity contribution is -1.15. The lowest BCUT2D eigenvalue weighted by Crippen LogP contribution is -3.00. The van der Waals surface area contributed by atoms with Crippen LogP contribution in [0.5, 0.6) is 0 Å². The molecule has 3 fully saturated rings. The second kappa shape index (κ2) is 4.02. The fourth-order valence-corrected chi connectivity index (χ4v) is 2.38. The van der Waals surface area contributed by atoms with E-state index >= 15 is 0 Å². The summed E-state index contributed by atoms with van der Waals surface area (Å²) >= 11 is 5.85. The van der Waals surface area contributed by atoms with Crippen molar-refractivity contribution in [2.75, 3.05) is 45.3 Å². The third-order valence-electron chi connectivity index (χ3n) is 3.18. The first-order valence-corrected chi connectivity index (χ1v) is 4.68. The van der Waals surface area contributed by atoms with Crippen molar-refractivity contribution in [2.45, 2.75) is 0 Å². The zero-order valence-corrected chi connectivity index (χ0v) is 8.11. The van der Waals surface area contributed by atoms with E-state index in [2.05, 4.69) is 0 Å². The Morgan fingerprint density at radius 3 is 1.62 bits per heavy atom. The molecule has 0 unspecified atom stereocenters. The fraction of sp³-hybridized carbons (Fsp3) is 1.00. The Morgan fingerprint density at radius 2 is 1.31 bits per heavy atom. The SMILES string of the molecule is F[N+]12CC[N+](CCl)(CC1)CC2.[F-].[F-]. The Balaban J connectivity index is 0.000000720. The summed E-state index contributed by atoms with van der Waals surface area (Å²) in [7, 11) is 0. The van der Waals surface area contributed by atoms with Gasteiger partial charge in [-0.1, -0.05) is 11.6 Å². The molecule has 0 aromatic heterocycles. The van der Waals surface area contributed by atoms with E-state index in [1.54, 1.807) is 0 Å². The summed E-state index contributed by atoms with van der Waals surface area (Å²) in [5.74, 6) is 0. The van der Waals surface area contributed by atoms with E-state index in [-0.39, 0.29) is 14.1 Å². The topological polar surface area (TPSA) is 0 Å². The maximum absolute atomic E-state index is 13.5. The van der Waals surface area contributed by atoms with Gasteiger partial charge in [-0.2, -0.15) is 0 Å². The molecule has 3 aliphatic rings. The number of hydrogen-bond donors (Lipinski definition) is 0. The smallest absolute Gasteiger partial charge is 0.164 e. The van der Waals surface area contributed by atoms with E-state index < -0.39 is 0 Å². The Hall–Kier alpha value is -0.0000000000000000555. The molecule has 3 heterocycles. The molecule has 0 atom stereocenters. The van der Waals surface area contributed by atoms with Gasteiger partial charge in [0.25, 0.3) is 0 Å². The number of rotatable bonds is 1. The lowest BCUT2D eigenvalue weighted by Gasteiger charge is -2.48. The monoisotopic (exact) mass is 218 g/mol. The molecule has 0 saturated carbocycles. The molecule has 0 aromatic carbocycles. The number of quaternary nitrogens is 2. The van der Waals surface area contributed by atoms with Crippen molar-refractivity contribution in [3.63, 3.8) is 0 Å². The summed E-state index contributed by atoms with van der Waals surface area (Å²) in [6, 6.07) is 0.667. The molecule has 0 spiro atoms. The van der Waals surface area contributed by atoms with Crippen LogP contribution in [0, 0.1) is 0 Å². The zero-order valence-electron chi connectivity index (χ0n) is 7.36. The van der Waals surface area contributed by atoms with E-state index in [9.17, 15) is 4.48 Å². The van der Waals surface area contributed by atoms with Gasteiger partial charge >= 0.3 is 0 Å². The van der Waals surface area contributed by atoms with Crippen LogP contribution in [0.2, 0.25) is 0 Å². The molecule has 13 heavy (non-hydrogen) atoms. The van der Waals surface area contributed by atoms with Crippen LogP contribution in [0.25, 0.3) is 0 Å². The Morgan fingerprint density at radius 1 is 0.923 bits per heavy atom. The summed E-state index contributed by atoms with van der Waals surface area (Å²) in [5, 5.41) is 0. The first-order valence-electron chi connectivity index (χ1n) is 4.15. The average molecular weight is 219 g/mol. The predicted molar refractivity (Wildman–Crippen MR) is 41.6 cm³/mol. The highest BCUT2D eigenvalue weighted by Gasteiger charge is 2.50. The van der Waals surface area contributed by atoms with Gasteiger partial charge in [-0.05, 0) is 4.48 Å². The molecule has 3 rings (SSSR count). The molecule has 0 aliphatic carbocycles. The quantitative estimate of drug-likeness (QED) is 0.179. The van der Waals surface area contributed by atoms with Crippen molar-refractivity contribution in [3.8, 4) is 0 Å². The molecule has 0 aromatic rings. The largest absolute Gasteiger partial charge is 1.00 e. The van der Waals surface area contributed by atoms with Crippen LogP contribution in [-0.2, 0) is 0 Å². The maximum Gasteiger partial charge on any atom is 0.164 e. The summed E-state index contributed by atoms with van der Waals surface area (Å²) in [6.45, 7) is 4.81. The van der Waals surface area contributed by atoms with E-state index in [1.807, 2.05) is 0 Å². The Kier molecular flexibility index (Phi) is 4.02. The van der Waals surface area contributed by atoms with Gasteiger partial charge < -0.3 is 9.41 Å². The first kappa shape index (κ1) is 13.0. The minimum Gasteiger partial charge on any atom is -1.00 e. The number of hydrogen-bond acceptors (Lipinski definition) is 0. The number of piperazine rings is 3. The van der Waals surface area contributed by atoms with Crippen molar-refractivity contribution >= 4 is 11.6 Å². The van der Waals surface area contributed by atoms with Crippen LogP contribution in [0.4, 0.5) is 4.48 Å². The molecule has 0 radical (unpaired) electrons. The third-order valence-corrected chi connectivity index (χ3v) is 3.69. The summed E-state index contributed by atoms with van der Waals surface area (Å²) in [5.41, 5.74) is 0. The number of alkyl halides is 1. The number of fused-ring (bicyclic) bond motifs is 3. The molecule has 80 valence electrons. The predicted octanol–water partition coefficient (Wildman–Crippen LogP) is -5.26. The van der Waals surface area contributed by atoms with E-state index in [0.29, 0.717) is 25.6 Å². The van der Waals surface area contributed by atoms with Gasteiger partial charge in [0.05, 0.1) is 0 Å². The number of nitrogens with zero attached hydrogens (tertiary/aromatic N) is 2. The molecule has 0 N–H and O–H groups in total. The van der Waals surface area contributed by atoms with Gasteiger partial charge in [0.15, 0.2) is 25.6 Å². The van der Waals surface area contributed by atoms with Crippen LogP contribution in [0.15, 0.2) is 0 Å². The average Bonchev–Trinajstić information content (AvgIpc) is 2.07. The standard InChI is InChI=1S/C7H14ClFN2.2FH/c8-7-10-1-4-11(9,5-2-10)6-3-10;;/h1-7H2;2*1H/q+2;;/p-2. The van der Waals surface area contributed by atoms with Gasteiger partial charge in [0, 0.05) is 0 Å². The summed E-state index contributed by atoms with van der Waals surface area (Å²) in [6.07, 6.45) is 0. The number of halogens is 4. The van der Waals surface area contributed by atoms with E-state index in [4.69, 9.17) is 11.6 Å². The van der Waals surface area contributed by atoms with Crippen molar-refractivity contribution in [3.05, 3.63) is 0 Å². The molecule has 0 amide bonds. The van der Waals surface area contributed by atoms with E-state index in [0.717, 1.165) is 24.1 Å². The molecule has 3 aliphatic heterocycles. The highest BCUT2D eigenvalue weighted by molar-refractivity contribution is 6.17. The third kappa shape index (κ3) is 2.08. The lowest BCUT2D eigenvalue weighted by atomic mass is 10.2. The zero-order chi connectivity index (χ0) is 7.95. The van der Waals surface area contributed by atoms with Gasteiger partial charge in [0.1, 0.15) is 19.6 Å². The molecule has 3 saturated heterocycles. The van der Waals surface area contributed by atoms with Crippen molar-refractivity contribution in [1.82, 2.24) is 0 Å². The Bertz CT molecular complexity index is 155. The molecular weight excluding hydrogens is 205 g/mol. The van der Waals surface area contributed by atoms with Crippen LogP contribution < -0.4 is 9.41 Å². The van der Waals surface area contributed by atoms with Crippen molar-refractivity contribution in [2.24, 2.45) is 0 Å². The second-order valence-corrected chi connectivity index (χ2v) is 4.07. The second-order valence-electron chi connectivity index (χ2n) is 3.83. The molecule has 6 heteroatoms. The maximum atomic E-state index is 13.5. The highest BCUT2D eigenvalue weighted by Crippen LogP contribution is 2.27.